The first kappa shape index (κ1) is 5.09. The molecule has 0 spiro atoms. The maximum Gasteiger partial charge on any atom is 0.407 e. The second-order valence-corrected chi connectivity index (χ2v) is 2.69. The van der Waals surface area contributed by atoms with Crippen molar-refractivity contribution in [3.8, 4) is 0 Å². The van der Waals surface area contributed by atoms with E-state index in [0.29, 0.717) is 18.6 Å². The van der Waals surface area contributed by atoms with Crippen LogP contribution in [0.4, 0.5) is 4.79 Å². The van der Waals surface area contributed by atoms with Crippen LogP contribution in [0.5, 0.6) is 0 Å². The van der Waals surface area contributed by atoms with Gasteiger partial charge in [0.2, 0.25) is 0 Å². The highest BCUT2D eigenvalue weighted by Gasteiger charge is 2.36. The molecule has 0 aromatic heterocycles. The molecule has 0 aromatic carbocycles. The molecule has 1 aliphatic carbocycles. The smallest absolute Gasteiger partial charge is 0.407 e. The third-order valence-electron chi connectivity index (χ3n) is 2.15. The number of hydrogen-bond acceptors (Lipinski definition) is 2. The molecule has 3 heteroatoms. The van der Waals surface area contributed by atoms with Crippen LogP contribution in [0.1, 0.15) is 12.8 Å². The number of carbonyl (C=O) groups excluding carboxylic acids is 1. The largest absolute Gasteiger partial charge is 0.449 e. The van der Waals surface area contributed by atoms with Crippen molar-refractivity contribution < 1.29 is 9.53 Å². The number of alkyl carbamates (subject to hydrolysis) is 1. The van der Waals surface area contributed by atoms with Crippen molar-refractivity contribution in [2.45, 2.75) is 18.9 Å². The lowest BCUT2D eigenvalue weighted by Gasteiger charge is -2.39. The van der Waals surface area contributed by atoms with Gasteiger partial charge in [-0.25, -0.2) is 4.79 Å². The van der Waals surface area contributed by atoms with Crippen molar-refractivity contribution in [1.29, 1.82) is 0 Å². The fraction of sp³-hybridized carbons (Fsp3) is 0.833. The van der Waals surface area contributed by atoms with Crippen LogP contribution in [-0.2, 0) is 4.74 Å². The van der Waals surface area contributed by atoms with E-state index in [1.54, 1.807) is 0 Å². The first-order valence-corrected chi connectivity index (χ1v) is 3.29. The Kier molecular flexibility index (Phi) is 0.917. The number of fused-ring (bicyclic) bond motifs is 1. The van der Waals surface area contributed by atoms with E-state index in [-0.39, 0.29) is 6.09 Å². The summed E-state index contributed by atoms with van der Waals surface area (Å²) in [6.07, 6.45) is 2.11. The highest BCUT2D eigenvalue weighted by Crippen LogP contribution is 2.29. The first-order valence-electron chi connectivity index (χ1n) is 3.29. The molecule has 2 fully saturated rings. The van der Waals surface area contributed by atoms with E-state index in [1.165, 1.54) is 6.42 Å². The number of ether oxygens (including phenoxy) is 1. The summed E-state index contributed by atoms with van der Waals surface area (Å²) in [5.41, 5.74) is 0. The summed E-state index contributed by atoms with van der Waals surface area (Å²) in [5, 5.41) is 2.75. The lowest BCUT2D eigenvalue weighted by Crippen LogP contribution is -2.53. The summed E-state index contributed by atoms with van der Waals surface area (Å²) >= 11 is 0. The molecule has 1 saturated heterocycles. The van der Waals surface area contributed by atoms with Crippen LogP contribution in [0.15, 0.2) is 0 Å². The monoisotopic (exact) mass is 127 g/mol. The maximum absolute atomic E-state index is 10.5. The van der Waals surface area contributed by atoms with E-state index in [1.807, 2.05) is 0 Å². The van der Waals surface area contributed by atoms with Crippen LogP contribution in [0.3, 0.4) is 0 Å². The Bertz CT molecular complexity index is 146. The second-order valence-electron chi connectivity index (χ2n) is 2.69. The molecule has 0 bridgehead atoms. The summed E-state index contributed by atoms with van der Waals surface area (Å²) in [6, 6.07) is 0.436. The van der Waals surface area contributed by atoms with Crippen LogP contribution in [-0.4, -0.2) is 18.7 Å². The van der Waals surface area contributed by atoms with Gasteiger partial charge in [-0.2, -0.15) is 0 Å². The predicted molar refractivity (Wildman–Crippen MR) is 31.0 cm³/mol. The van der Waals surface area contributed by atoms with Gasteiger partial charge in [-0.05, 0) is 12.8 Å². The number of cyclic esters (lactones) is 1. The maximum atomic E-state index is 10.5. The van der Waals surface area contributed by atoms with Gasteiger partial charge in [-0.15, -0.1) is 0 Å². The van der Waals surface area contributed by atoms with Crippen LogP contribution < -0.4 is 5.32 Å². The van der Waals surface area contributed by atoms with Crippen LogP contribution >= 0.6 is 0 Å². The molecular formula is C6H9NO2. The van der Waals surface area contributed by atoms with Crippen molar-refractivity contribution in [1.82, 2.24) is 5.32 Å². The SMILES string of the molecule is O=C1N[C@H]2CC[C@H]2CO1. The van der Waals surface area contributed by atoms with Crippen LogP contribution in [0.25, 0.3) is 0 Å². The minimum atomic E-state index is -0.240. The van der Waals surface area contributed by atoms with Gasteiger partial charge in [0.15, 0.2) is 0 Å². The van der Waals surface area contributed by atoms with E-state index in [0.717, 1.165) is 6.42 Å². The third kappa shape index (κ3) is 0.677. The molecule has 50 valence electrons. The number of carbonyl (C=O) groups is 1. The van der Waals surface area contributed by atoms with Crippen LogP contribution in [0.2, 0.25) is 0 Å². The van der Waals surface area contributed by atoms with Crippen molar-refractivity contribution in [2.24, 2.45) is 5.92 Å². The summed E-state index contributed by atoms with van der Waals surface area (Å²) in [5.74, 6) is 0.614. The molecule has 1 aliphatic heterocycles. The van der Waals surface area contributed by atoms with Crippen molar-refractivity contribution in [3.05, 3.63) is 0 Å². The first-order chi connectivity index (χ1) is 4.36. The zero-order valence-electron chi connectivity index (χ0n) is 5.09. The zero-order chi connectivity index (χ0) is 6.27. The summed E-state index contributed by atoms with van der Waals surface area (Å²) in [7, 11) is 0. The Morgan fingerprint density at radius 2 is 2.44 bits per heavy atom. The summed E-state index contributed by atoms with van der Waals surface area (Å²) in [4.78, 5) is 10.5. The van der Waals surface area contributed by atoms with Crippen molar-refractivity contribution in [3.63, 3.8) is 0 Å². The molecule has 0 radical (unpaired) electrons. The molecule has 1 saturated carbocycles. The van der Waals surface area contributed by atoms with Gasteiger partial charge in [0.25, 0.3) is 0 Å². The van der Waals surface area contributed by atoms with E-state index in [2.05, 4.69) is 5.32 Å². The van der Waals surface area contributed by atoms with E-state index < -0.39 is 0 Å². The molecule has 0 aromatic rings. The molecule has 1 amide bonds. The Balaban J connectivity index is 1.99. The molecule has 9 heavy (non-hydrogen) atoms. The van der Waals surface area contributed by atoms with Gasteiger partial charge < -0.3 is 10.1 Å². The predicted octanol–water partition coefficient (Wildman–Crippen LogP) is 0.505. The average molecular weight is 127 g/mol. The summed E-state index contributed by atoms with van der Waals surface area (Å²) in [6.45, 7) is 0.635. The Morgan fingerprint density at radius 3 is 2.89 bits per heavy atom. The highest BCUT2D eigenvalue weighted by atomic mass is 16.6. The molecule has 2 atom stereocenters. The summed E-state index contributed by atoms with van der Waals surface area (Å²) < 4.78 is 4.76. The van der Waals surface area contributed by atoms with E-state index in [9.17, 15) is 4.79 Å². The van der Waals surface area contributed by atoms with Crippen molar-refractivity contribution >= 4 is 6.09 Å². The Morgan fingerprint density at radius 1 is 1.56 bits per heavy atom. The minimum absolute atomic E-state index is 0.240. The standard InChI is InChI=1S/C6H9NO2/c8-6-7-5-2-1-4(5)3-9-6/h4-5H,1-3H2,(H,7,8)/t4-,5-/m0/s1. The fourth-order valence-corrected chi connectivity index (χ4v) is 1.33. The molecular weight excluding hydrogens is 118 g/mol. The lowest BCUT2D eigenvalue weighted by molar-refractivity contribution is 0.0407. The Hall–Kier alpha value is -0.730. The van der Waals surface area contributed by atoms with E-state index in [4.69, 9.17) is 4.74 Å². The van der Waals surface area contributed by atoms with Gasteiger partial charge in [0.1, 0.15) is 0 Å². The molecule has 2 aliphatic rings. The number of amides is 1. The normalized spacial score (nSPS) is 39.8. The van der Waals surface area contributed by atoms with Crippen LogP contribution in [0, 0.1) is 5.92 Å². The third-order valence-corrected chi connectivity index (χ3v) is 2.15. The zero-order valence-corrected chi connectivity index (χ0v) is 5.09. The molecule has 1 heterocycles. The number of nitrogens with one attached hydrogen (secondary N) is 1. The minimum Gasteiger partial charge on any atom is -0.449 e. The molecule has 2 rings (SSSR count). The van der Waals surface area contributed by atoms with Gasteiger partial charge >= 0.3 is 6.09 Å². The highest BCUT2D eigenvalue weighted by molar-refractivity contribution is 5.68. The topological polar surface area (TPSA) is 38.3 Å². The number of rotatable bonds is 0. The van der Waals surface area contributed by atoms with Gasteiger partial charge in [-0.3, -0.25) is 0 Å². The van der Waals surface area contributed by atoms with Gasteiger partial charge in [-0.1, -0.05) is 0 Å². The van der Waals surface area contributed by atoms with E-state index >= 15 is 0 Å². The second kappa shape index (κ2) is 1.62. The van der Waals surface area contributed by atoms with Gasteiger partial charge in [0, 0.05) is 12.0 Å². The van der Waals surface area contributed by atoms with Gasteiger partial charge in [0.05, 0.1) is 6.61 Å². The quantitative estimate of drug-likeness (QED) is 0.514. The Labute approximate surface area is 53.4 Å². The molecule has 3 nitrogen and oxygen atoms in total. The van der Waals surface area contributed by atoms with Crippen molar-refractivity contribution in [2.75, 3.05) is 6.61 Å². The lowest BCUT2D eigenvalue weighted by atomic mass is 9.80. The molecule has 0 unspecified atom stereocenters. The average Bonchev–Trinajstić information content (AvgIpc) is 1.78. The fourth-order valence-electron chi connectivity index (χ4n) is 1.33. The number of hydrogen-bond donors (Lipinski definition) is 1. The molecule has 1 N–H and O–H groups in total.